The van der Waals surface area contributed by atoms with E-state index in [1.54, 1.807) is 12.1 Å². The summed E-state index contributed by atoms with van der Waals surface area (Å²) in [4.78, 5) is 18.0. The monoisotopic (exact) mass is 430 g/mol. The molecule has 2 aromatic carbocycles. The number of nitro benzene ring substituents is 1. The molecular weight excluding hydrogens is 404 g/mol. The molecule has 0 saturated carbocycles. The summed E-state index contributed by atoms with van der Waals surface area (Å²) in [5.41, 5.74) is 3.15. The van der Waals surface area contributed by atoms with Gasteiger partial charge in [0, 0.05) is 67.7 Å². The Morgan fingerprint density at radius 2 is 1.83 bits per heavy atom. The van der Waals surface area contributed by atoms with Gasteiger partial charge >= 0.3 is 0 Å². The van der Waals surface area contributed by atoms with E-state index in [0.29, 0.717) is 18.2 Å². The molecule has 0 spiro atoms. The molecule has 2 fully saturated rings. The molecule has 2 aromatic rings. The Morgan fingerprint density at radius 3 is 2.53 bits per heavy atom. The number of likely N-dealkylation sites (N-methyl/N-ethyl adjacent to an activating group) is 1. The van der Waals surface area contributed by atoms with Crippen molar-refractivity contribution in [2.75, 3.05) is 51.3 Å². The number of piperazine rings is 1. The van der Waals surface area contributed by atoms with E-state index in [1.165, 1.54) is 0 Å². The van der Waals surface area contributed by atoms with Crippen molar-refractivity contribution in [3.8, 4) is 0 Å². The zero-order valence-corrected chi connectivity index (χ0v) is 17.9. The largest absolute Gasteiger partial charge is 0.369 e. The van der Waals surface area contributed by atoms with Crippen molar-refractivity contribution in [1.82, 2.24) is 9.80 Å². The topological polar surface area (TPSA) is 62.1 Å². The second-order valence-corrected chi connectivity index (χ2v) is 8.40. The average molecular weight is 431 g/mol. The Bertz CT molecular complexity index is 884. The highest BCUT2D eigenvalue weighted by atomic mass is 35.5. The fraction of sp³-hybridized carbons (Fsp3) is 0.455. The van der Waals surface area contributed by atoms with Gasteiger partial charge in [0.25, 0.3) is 5.69 Å². The minimum absolute atomic E-state index is 0.100. The summed E-state index contributed by atoms with van der Waals surface area (Å²) in [5.74, 6) is 0. The minimum Gasteiger partial charge on any atom is -0.369 e. The minimum atomic E-state index is -0.330. The molecule has 0 radical (unpaired) electrons. The van der Waals surface area contributed by atoms with Gasteiger partial charge in [-0.15, -0.1) is 0 Å². The van der Waals surface area contributed by atoms with Gasteiger partial charge in [0.05, 0.1) is 11.5 Å². The van der Waals surface area contributed by atoms with Gasteiger partial charge in [-0.05, 0) is 37.2 Å². The molecule has 2 aliphatic heterocycles. The van der Waals surface area contributed by atoms with Gasteiger partial charge in [-0.2, -0.15) is 0 Å². The van der Waals surface area contributed by atoms with Crippen LogP contribution in [-0.4, -0.2) is 61.1 Å². The number of benzene rings is 2. The van der Waals surface area contributed by atoms with Crippen LogP contribution < -0.4 is 4.90 Å². The third-order valence-electron chi connectivity index (χ3n) is 5.83. The SMILES string of the molecule is CN1CCN(c2ccc([N+](=O)[O-])cc2C2OCCCN2Cc2ccc(Cl)cc2)CC1. The van der Waals surface area contributed by atoms with Gasteiger partial charge in [0.15, 0.2) is 0 Å². The fourth-order valence-corrected chi connectivity index (χ4v) is 4.27. The molecule has 2 aliphatic rings. The van der Waals surface area contributed by atoms with Gasteiger partial charge in [-0.1, -0.05) is 23.7 Å². The van der Waals surface area contributed by atoms with Crippen LogP contribution in [0.1, 0.15) is 23.8 Å². The van der Waals surface area contributed by atoms with Crippen molar-refractivity contribution in [3.05, 3.63) is 68.7 Å². The number of ether oxygens (including phenoxy) is 1. The smallest absolute Gasteiger partial charge is 0.270 e. The number of halogens is 1. The standard InChI is InChI=1S/C22H27ClN4O3/c1-24-10-12-25(13-11-24)21-8-7-19(27(28)29)15-20(21)22-26(9-2-14-30-22)16-17-3-5-18(23)6-4-17/h3-8,15,22H,2,9-14,16H2,1H3. The predicted octanol–water partition coefficient (Wildman–Crippen LogP) is 3.92. The first kappa shape index (κ1) is 21.1. The molecule has 1 unspecified atom stereocenters. The van der Waals surface area contributed by atoms with Crippen LogP contribution in [0.4, 0.5) is 11.4 Å². The number of anilines is 1. The Labute approximate surface area is 181 Å². The molecule has 8 heteroatoms. The molecule has 0 N–H and O–H groups in total. The van der Waals surface area contributed by atoms with Gasteiger partial charge in [0.2, 0.25) is 0 Å². The molecule has 7 nitrogen and oxygen atoms in total. The molecule has 1 atom stereocenters. The van der Waals surface area contributed by atoms with E-state index < -0.39 is 0 Å². The Hall–Kier alpha value is -2.19. The number of nitrogens with zero attached hydrogens (tertiary/aromatic N) is 4. The lowest BCUT2D eigenvalue weighted by molar-refractivity contribution is -0.385. The van der Waals surface area contributed by atoms with Crippen LogP contribution in [0.2, 0.25) is 5.02 Å². The molecule has 30 heavy (non-hydrogen) atoms. The lowest BCUT2D eigenvalue weighted by Crippen LogP contribution is -2.45. The summed E-state index contributed by atoms with van der Waals surface area (Å²) >= 11 is 6.03. The Kier molecular flexibility index (Phi) is 6.53. The maximum Gasteiger partial charge on any atom is 0.270 e. The Morgan fingerprint density at radius 1 is 1.10 bits per heavy atom. The van der Waals surface area contributed by atoms with Gasteiger partial charge < -0.3 is 14.5 Å². The zero-order chi connectivity index (χ0) is 21.1. The van der Waals surface area contributed by atoms with E-state index in [4.69, 9.17) is 16.3 Å². The van der Waals surface area contributed by atoms with Crippen LogP contribution in [-0.2, 0) is 11.3 Å². The number of non-ortho nitro benzene ring substituents is 1. The number of rotatable bonds is 5. The van der Waals surface area contributed by atoms with Crippen molar-refractivity contribution < 1.29 is 9.66 Å². The van der Waals surface area contributed by atoms with E-state index in [-0.39, 0.29) is 16.8 Å². The summed E-state index contributed by atoms with van der Waals surface area (Å²) < 4.78 is 6.20. The molecule has 0 aliphatic carbocycles. The highest BCUT2D eigenvalue weighted by Gasteiger charge is 2.30. The van der Waals surface area contributed by atoms with E-state index in [9.17, 15) is 10.1 Å². The molecule has 0 aromatic heterocycles. The second kappa shape index (κ2) is 9.31. The first-order chi connectivity index (χ1) is 14.5. The number of hydrogen-bond acceptors (Lipinski definition) is 6. The second-order valence-electron chi connectivity index (χ2n) is 7.96. The van der Waals surface area contributed by atoms with E-state index in [2.05, 4.69) is 21.7 Å². The van der Waals surface area contributed by atoms with Gasteiger partial charge in [-0.3, -0.25) is 15.0 Å². The van der Waals surface area contributed by atoms with E-state index in [0.717, 1.165) is 56.0 Å². The van der Waals surface area contributed by atoms with Crippen LogP contribution >= 0.6 is 11.6 Å². The quantitative estimate of drug-likeness (QED) is 0.529. The third kappa shape index (κ3) is 4.75. The molecule has 0 bridgehead atoms. The summed E-state index contributed by atoms with van der Waals surface area (Å²) in [5, 5.41) is 12.2. The normalized spacial score (nSPS) is 21.0. The summed E-state index contributed by atoms with van der Waals surface area (Å²) in [6.45, 7) is 5.95. The number of hydrogen-bond donors (Lipinski definition) is 0. The van der Waals surface area contributed by atoms with Crippen LogP contribution in [0.15, 0.2) is 42.5 Å². The highest BCUT2D eigenvalue weighted by molar-refractivity contribution is 6.30. The van der Waals surface area contributed by atoms with Crippen LogP contribution in [0.25, 0.3) is 0 Å². The molecule has 2 heterocycles. The molecule has 0 amide bonds. The molecular formula is C22H27ClN4O3. The predicted molar refractivity (Wildman–Crippen MR) is 118 cm³/mol. The third-order valence-corrected chi connectivity index (χ3v) is 6.08. The Balaban J connectivity index is 1.66. The van der Waals surface area contributed by atoms with Gasteiger partial charge in [-0.25, -0.2) is 0 Å². The molecule has 160 valence electrons. The fourth-order valence-electron chi connectivity index (χ4n) is 4.15. The molecule has 4 rings (SSSR count). The van der Waals surface area contributed by atoms with Crippen LogP contribution in [0.5, 0.6) is 0 Å². The van der Waals surface area contributed by atoms with E-state index >= 15 is 0 Å². The van der Waals surface area contributed by atoms with Crippen LogP contribution in [0.3, 0.4) is 0 Å². The van der Waals surface area contributed by atoms with E-state index in [1.807, 2.05) is 30.3 Å². The first-order valence-electron chi connectivity index (χ1n) is 10.3. The zero-order valence-electron chi connectivity index (χ0n) is 17.2. The average Bonchev–Trinajstić information content (AvgIpc) is 2.76. The maximum absolute atomic E-state index is 11.5. The van der Waals surface area contributed by atoms with Crippen molar-refractivity contribution in [2.24, 2.45) is 0 Å². The maximum atomic E-state index is 11.5. The summed E-state index contributed by atoms with van der Waals surface area (Å²) in [6, 6.07) is 13.0. The lowest BCUT2D eigenvalue weighted by atomic mass is 10.0. The van der Waals surface area contributed by atoms with Crippen molar-refractivity contribution in [3.63, 3.8) is 0 Å². The number of nitro groups is 1. The summed E-state index contributed by atoms with van der Waals surface area (Å²) in [6.07, 6.45) is 0.618. The van der Waals surface area contributed by atoms with Crippen molar-refractivity contribution in [1.29, 1.82) is 0 Å². The van der Waals surface area contributed by atoms with Crippen molar-refractivity contribution in [2.45, 2.75) is 19.2 Å². The first-order valence-corrected chi connectivity index (χ1v) is 10.7. The molecule has 2 saturated heterocycles. The highest BCUT2D eigenvalue weighted by Crippen LogP contribution is 2.37. The summed E-state index contributed by atoms with van der Waals surface area (Å²) in [7, 11) is 2.12. The van der Waals surface area contributed by atoms with Crippen LogP contribution in [0, 0.1) is 10.1 Å². The van der Waals surface area contributed by atoms with Gasteiger partial charge in [0.1, 0.15) is 6.23 Å². The van der Waals surface area contributed by atoms with Crippen molar-refractivity contribution >= 4 is 23.0 Å². The lowest BCUT2D eigenvalue weighted by Gasteiger charge is -2.40.